The quantitative estimate of drug-likeness (QED) is 0.522. The monoisotopic (exact) mass is 300 g/mol. The van der Waals surface area contributed by atoms with E-state index in [9.17, 15) is 9.90 Å². The van der Waals surface area contributed by atoms with Crippen LogP contribution in [0.4, 0.5) is 0 Å². The van der Waals surface area contributed by atoms with Crippen LogP contribution in [0, 0.1) is 0 Å². The van der Waals surface area contributed by atoms with E-state index in [0.29, 0.717) is 13.0 Å². The van der Waals surface area contributed by atoms with Crippen LogP contribution in [0.5, 0.6) is 0 Å². The normalized spacial score (nSPS) is 31.3. The van der Waals surface area contributed by atoms with Gasteiger partial charge in [0.25, 0.3) is 0 Å². The first kappa shape index (κ1) is 16.7. The fourth-order valence-corrected chi connectivity index (χ4v) is 3.00. The maximum Gasteiger partial charge on any atom is 0.306 e. The van der Waals surface area contributed by atoms with Gasteiger partial charge in [-0.15, -0.1) is 0 Å². The Morgan fingerprint density at radius 2 is 1.71 bits per heavy atom. The molecule has 2 aliphatic heterocycles. The van der Waals surface area contributed by atoms with Crippen molar-refractivity contribution >= 4 is 5.97 Å². The second kappa shape index (κ2) is 8.71. The first-order valence-corrected chi connectivity index (χ1v) is 8.33. The highest BCUT2D eigenvalue weighted by molar-refractivity contribution is 5.69. The van der Waals surface area contributed by atoms with Gasteiger partial charge in [-0.2, -0.15) is 0 Å². The average molecular weight is 300 g/mol. The van der Waals surface area contributed by atoms with E-state index in [2.05, 4.69) is 6.92 Å². The summed E-state index contributed by atoms with van der Waals surface area (Å²) in [5.74, 6) is -0.178. The van der Waals surface area contributed by atoms with Crippen LogP contribution in [0.25, 0.3) is 0 Å². The molecule has 0 aromatic rings. The topological polar surface area (TPSA) is 65.0 Å². The maximum absolute atomic E-state index is 11.8. The first-order chi connectivity index (χ1) is 10.2. The molecule has 2 fully saturated rings. The van der Waals surface area contributed by atoms with Gasteiger partial charge in [-0.25, -0.2) is 0 Å². The van der Waals surface area contributed by atoms with E-state index in [1.165, 1.54) is 32.1 Å². The van der Waals surface area contributed by atoms with Gasteiger partial charge >= 0.3 is 5.97 Å². The maximum atomic E-state index is 11.8. The van der Waals surface area contributed by atoms with Crippen molar-refractivity contribution in [3.05, 3.63) is 0 Å². The Labute approximate surface area is 126 Å². The molecular formula is C16H28O5. The van der Waals surface area contributed by atoms with Crippen LogP contribution in [0.2, 0.25) is 0 Å². The third kappa shape index (κ3) is 4.94. The molecule has 0 aromatic carbocycles. The van der Waals surface area contributed by atoms with Gasteiger partial charge < -0.3 is 19.3 Å². The van der Waals surface area contributed by atoms with E-state index >= 15 is 0 Å². The van der Waals surface area contributed by atoms with Crippen molar-refractivity contribution < 1.29 is 24.1 Å². The molecule has 2 rings (SSSR count). The van der Waals surface area contributed by atoms with E-state index in [4.69, 9.17) is 14.2 Å². The van der Waals surface area contributed by atoms with Gasteiger partial charge in [0.1, 0.15) is 18.3 Å². The molecule has 5 nitrogen and oxygen atoms in total. The van der Waals surface area contributed by atoms with Crippen LogP contribution in [-0.2, 0) is 19.0 Å². The standard InChI is InChI=1S/C16H28O5/c1-2-3-4-5-6-7-8-9-14(18)21-13-11-20-15-12(17)10-19-16(13)15/h12-13,15-17H,2-11H2,1H3/t12-,13+,15+,16+/m0/s1. The summed E-state index contributed by atoms with van der Waals surface area (Å²) in [6, 6.07) is 0. The van der Waals surface area contributed by atoms with Gasteiger partial charge in [0.15, 0.2) is 6.10 Å². The molecule has 0 spiro atoms. The van der Waals surface area contributed by atoms with Gasteiger partial charge in [-0.3, -0.25) is 4.79 Å². The minimum absolute atomic E-state index is 0.178. The largest absolute Gasteiger partial charge is 0.457 e. The molecule has 0 radical (unpaired) electrons. The second-order valence-corrected chi connectivity index (χ2v) is 6.06. The molecule has 2 saturated heterocycles. The number of hydrogen-bond donors (Lipinski definition) is 1. The van der Waals surface area contributed by atoms with Crippen molar-refractivity contribution in [1.82, 2.24) is 0 Å². The lowest BCUT2D eigenvalue weighted by atomic mass is 10.1. The Morgan fingerprint density at radius 1 is 1.05 bits per heavy atom. The summed E-state index contributed by atoms with van der Waals surface area (Å²) >= 11 is 0. The zero-order chi connectivity index (χ0) is 15.1. The summed E-state index contributed by atoms with van der Waals surface area (Å²) in [7, 11) is 0. The molecular weight excluding hydrogens is 272 g/mol. The summed E-state index contributed by atoms with van der Waals surface area (Å²) in [5.41, 5.74) is 0. The van der Waals surface area contributed by atoms with Crippen LogP contribution >= 0.6 is 0 Å². The molecule has 0 aromatic heterocycles. The Hall–Kier alpha value is -0.650. The highest BCUT2D eigenvalue weighted by Crippen LogP contribution is 2.29. The molecule has 0 amide bonds. The van der Waals surface area contributed by atoms with Crippen molar-refractivity contribution in [2.24, 2.45) is 0 Å². The van der Waals surface area contributed by atoms with E-state index in [-0.39, 0.29) is 30.9 Å². The zero-order valence-corrected chi connectivity index (χ0v) is 13.0. The first-order valence-electron chi connectivity index (χ1n) is 8.33. The minimum Gasteiger partial charge on any atom is -0.457 e. The minimum atomic E-state index is -0.596. The van der Waals surface area contributed by atoms with E-state index in [0.717, 1.165) is 12.8 Å². The lowest BCUT2D eigenvalue weighted by Crippen LogP contribution is -2.34. The zero-order valence-electron chi connectivity index (χ0n) is 13.0. The molecule has 0 bridgehead atoms. The summed E-state index contributed by atoms with van der Waals surface area (Å²) in [4.78, 5) is 11.8. The Bertz CT molecular complexity index is 320. The number of aliphatic hydroxyl groups is 1. The van der Waals surface area contributed by atoms with E-state index in [1.54, 1.807) is 0 Å². The fraction of sp³-hybridized carbons (Fsp3) is 0.938. The van der Waals surface area contributed by atoms with Crippen molar-refractivity contribution in [2.45, 2.75) is 82.7 Å². The van der Waals surface area contributed by atoms with Crippen molar-refractivity contribution in [1.29, 1.82) is 0 Å². The Morgan fingerprint density at radius 3 is 2.48 bits per heavy atom. The van der Waals surface area contributed by atoms with Crippen molar-refractivity contribution in [3.8, 4) is 0 Å². The SMILES string of the molecule is CCCCCCCCCC(=O)O[C@@H]1CO[C@H]2[C@@H]1OC[C@@H]2O. The third-order valence-electron chi connectivity index (χ3n) is 4.25. The van der Waals surface area contributed by atoms with Gasteiger partial charge in [-0.1, -0.05) is 45.4 Å². The number of unbranched alkanes of at least 4 members (excludes halogenated alkanes) is 6. The van der Waals surface area contributed by atoms with Crippen LogP contribution < -0.4 is 0 Å². The summed E-state index contributed by atoms with van der Waals surface area (Å²) in [5, 5.41) is 9.62. The highest BCUT2D eigenvalue weighted by atomic mass is 16.6. The predicted molar refractivity (Wildman–Crippen MR) is 78.0 cm³/mol. The lowest BCUT2D eigenvalue weighted by molar-refractivity contribution is -0.153. The number of fused-ring (bicyclic) bond motifs is 1. The number of aliphatic hydroxyl groups excluding tert-OH is 1. The summed E-state index contributed by atoms with van der Waals surface area (Å²) < 4.78 is 16.3. The van der Waals surface area contributed by atoms with Gasteiger partial charge in [0.2, 0.25) is 0 Å². The smallest absolute Gasteiger partial charge is 0.306 e. The van der Waals surface area contributed by atoms with Crippen LogP contribution in [0.15, 0.2) is 0 Å². The van der Waals surface area contributed by atoms with Crippen molar-refractivity contribution in [2.75, 3.05) is 13.2 Å². The molecule has 21 heavy (non-hydrogen) atoms. The number of ether oxygens (including phenoxy) is 3. The van der Waals surface area contributed by atoms with Crippen LogP contribution in [-0.4, -0.2) is 48.7 Å². The van der Waals surface area contributed by atoms with E-state index in [1.807, 2.05) is 0 Å². The molecule has 2 heterocycles. The van der Waals surface area contributed by atoms with Crippen LogP contribution in [0.3, 0.4) is 0 Å². The fourth-order valence-electron chi connectivity index (χ4n) is 3.00. The van der Waals surface area contributed by atoms with Crippen LogP contribution in [0.1, 0.15) is 58.3 Å². The van der Waals surface area contributed by atoms with Gasteiger partial charge in [-0.05, 0) is 6.42 Å². The lowest BCUT2D eigenvalue weighted by Gasteiger charge is -2.16. The summed E-state index contributed by atoms with van der Waals surface area (Å²) in [6.07, 6.45) is 7.16. The number of carbonyl (C=O) groups excluding carboxylic acids is 1. The molecule has 5 heteroatoms. The molecule has 122 valence electrons. The number of carbonyl (C=O) groups is 1. The van der Waals surface area contributed by atoms with Gasteiger partial charge in [0, 0.05) is 6.42 Å². The molecule has 2 aliphatic rings. The van der Waals surface area contributed by atoms with Gasteiger partial charge in [0.05, 0.1) is 13.2 Å². The van der Waals surface area contributed by atoms with E-state index < -0.39 is 6.10 Å². The summed E-state index contributed by atoms with van der Waals surface area (Å²) in [6.45, 7) is 2.80. The number of rotatable bonds is 9. The third-order valence-corrected chi connectivity index (χ3v) is 4.25. The molecule has 0 saturated carbocycles. The second-order valence-electron chi connectivity index (χ2n) is 6.06. The highest BCUT2D eigenvalue weighted by Gasteiger charge is 2.48. The molecule has 1 N–H and O–H groups in total. The number of esters is 1. The number of hydrogen-bond acceptors (Lipinski definition) is 5. The van der Waals surface area contributed by atoms with Crippen molar-refractivity contribution in [3.63, 3.8) is 0 Å². The Balaban J connectivity index is 1.54. The molecule has 0 unspecified atom stereocenters. The molecule has 4 atom stereocenters. The predicted octanol–water partition coefficient (Wildman–Crippen LogP) is 2.20. The Kier molecular flexibility index (Phi) is 6.93. The average Bonchev–Trinajstić information content (AvgIpc) is 3.02. The molecule has 0 aliphatic carbocycles.